The summed E-state index contributed by atoms with van der Waals surface area (Å²) in [5.74, 6) is -2.58. The van der Waals surface area contributed by atoms with Gasteiger partial charge in [-0.3, -0.25) is 9.59 Å². The number of nitriles is 1. The first-order valence-corrected chi connectivity index (χ1v) is 8.06. The highest BCUT2D eigenvalue weighted by Gasteiger charge is 2.28. The molecule has 2 amide bonds. The molecule has 0 aliphatic carbocycles. The zero-order valence-electron chi connectivity index (χ0n) is 14.9. The number of benzene rings is 1. The van der Waals surface area contributed by atoms with E-state index in [1.165, 1.54) is 38.3 Å². The Kier molecular flexibility index (Phi) is 8.22. The summed E-state index contributed by atoms with van der Waals surface area (Å²) in [6.45, 7) is 2.88. The van der Waals surface area contributed by atoms with E-state index in [1.54, 1.807) is 6.92 Å². The van der Waals surface area contributed by atoms with E-state index in [0.29, 0.717) is 5.56 Å². The summed E-state index contributed by atoms with van der Waals surface area (Å²) in [4.78, 5) is 35.8. The van der Waals surface area contributed by atoms with Crippen molar-refractivity contribution < 1.29 is 23.5 Å². The van der Waals surface area contributed by atoms with Gasteiger partial charge >= 0.3 is 5.97 Å². The predicted molar refractivity (Wildman–Crippen MR) is 91.0 cm³/mol. The van der Waals surface area contributed by atoms with Crippen molar-refractivity contribution in [3.8, 4) is 6.07 Å². The van der Waals surface area contributed by atoms with Crippen LogP contribution in [-0.4, -0.2) is 37.0 Å². The van der Waals surface area contributed by atoms with Gasteiger partial charge in [0.2, 0.25) is 11.8 Å². The topological polar surface area (TPSA) is 108 Å². The average Bonchev–Trinajstić information content (AvgIpc) is 2.61. The minimum absolute atomic E-state index is 0.0816. The van der Waals surface area contributed by atoms with Crippen LogP contribution in [0, 0.1) is 23.1 Å². The van der Waals surface area contributed by atoms with E-state index in [9.17, 15) is 18.8 Å². The fourth-order valence-corrected chi connectivity index (χ4v) is 2.35. The standard InChI is InChI=1S/C18H22FN3O4/c1-11(10-20)8-16(18(25)26-3)22-17(24)15(21-12(2)23)9-13-4-6-14(19)7-5-13/h4-7,11,15-16H,8-9H2,1-3H3,(H,21,23)(H,22,24)/t11-,15+,16-/m0/s1. The molecule has 0 aliphatic heterocycles. The summed E-state index contributed by atoms with van der Waals surface area (Å²) >= 11 is 0. The van der Waals surface area contributed by atoms with Crippen LogP contribution in [0.15, 0.2) is 24.3 Å². The van der Waals surface area contributed by atoms with E-state index >= 15 is 0 Å². The van der Waals surface area contributed by atoms with Gasteiger partial charge in [0, 0.05) is 19.3 Å². The molecule has 0 aliphatic rings. The summed E-state index contributed by atoms with van der Waals surface area (Å²) in [7, 11) is 1.18. The van der Waals surface area contributed by atoms with E-state index in [2.05, 4.69) is 15.4 Å². The van der Waals surface area contributed by atoms with Crippen molar-refractivity contribution in [3.05, 3.63) is 35.6 Å². The van der Waals surface area contributed by atoms with E-state index in [1.807, 2.05) is 6.07 Å². The van der Waals surface area contributed by atoms with Crippen LogP contribution >= 0.6 is 0 Å². The van der Waals surface area contributed by atoms with Crippen molar-refractivity contribution in [2.75, 3.05) is 7.11 Å². The molecule has 0 bridgehead atoms. The minimum atomic E-state index is -1.01. The first-order valence-electron chi connectivity index (χ1n) is 8.06. The van der Waals surface area contributed by atoms with Crippen molar-refractivity contribution in [2.24, 2.45) is 5.92 Å². The molecule has 0 saturated carbocycles. The van der Waals surface area contributed by atoms with Crippen molar-refractivity contribution in [1.82, 2.24) is 10.6 Å². The van der Waals surface area contributed by atoms with Gasteiger partial charge in [-0.05, 0) is 31.0 Å². The Bertz CT molecular complexity index is 685. The molecule has 1 aromatic carbocycles. The van der Waals surface area contributed by atoms with E-state index in [-0.39, 0.29) is 12.8 Å². The van der Waals surface area contributed by atoms with Gasteiger partial charge in [0.15, 0.2) is 0 Å². The second kappa shape index (κ2) is 10.1. The fourth-order valence-electron chi connectivity index (χ4n) is 2.35. The smallest absolute Gasteiger partial charge is 0.328 e. The number of hydrogen-bond donors (Lipinski definition) is 2. The number of halogens is 1. The lowest BCUT2D eigenvalue weighted by atomic mass is 10.0. The molecule has 26 heavy (non-hydrogen) atoms. The minimum Gasteiger partial charge on any atom is -0.467 e. The van der Waals surface area contributed by atoms with Crippen LogP contribution in [0.2, 0.25) is 0 Å². The molecule has 0 unspecified atom stereocenters. The van der Waals surface area contributed by atoms with Gasteiger partial charge < -0.3 is 15.4 Å². The number of amides is 2. The van der Waals surface area contributed by atoms with Crippen molar-refractivity contribution in [1.29, 1.82) is 5.26 Å². The largest absolute Gasteiger partial charge is 0.467 e. The lowest BCUT2D eigenvalue weighted by Gasteiger charge is -2.22. The van der Waals surface area contributed by atoms with Gasteiger partial charge in [0.25, 0.3) is 0 Å². The quantitative estimate of drug-likeness (QED) is 0.672. The number of esters is 1. The summed E-state index contributed by atoms with van der Waals surface area (Å²) in [6, 6.07) is 5.55. The maximum Gasteiger partial charge on any atom is 0.328 e. The molecule has 0 heterocycles. The van der Waals surface area contributed by atoms with Crippen LogP contribution in [-0.2, 0) is 25.5 Å². The summed E-state index contributed by atoms with van der Waals surface area (Å²) in [5, 5.41) is 13.9. The molecule has 1 rings (SSSR count). The maximum atomic E-state index is 13.0. The third-order valence-electron chi connectivity index (χ3n) is 3.66. The molecule has 2 N–H and O–H groups in total. The highest BCUT2D eigenvalue weighted by Crippen LogP contribution is 2.09. The van der Waals surface area contributed by atoms with Crippen LogP contribution in [0.4, 0.5) is 4.39 Å². The van der Waals surface area contributed by atoms with Crippen LogP contribution in [0.1, 0.15) is 25.8 Å². The molecule has 0 fully saturated rings. The average molecular weight is 363 g/mol. The molecule has 0 aromatic heterocycles. The molecule has 1 aromatic rings. The zero-order chi connectivity index (χ0) is 19.7. The van der Waals surface area contributed by atoms with Crippen LogP contribution in [0.25, 0.3) is 0 Å². The Morgan fingerprint density at radius 2 is 1.81 bits per heavy atom. The Morgan fingerprint density at radius 3 is 2.31 bits per heavy atom. The van der Waals surface area contributed by atoms with Gasteiger partial charge in [-0.2, -0.15) is 5.26 Å². The summed E-state index contributed by atoms with van der Waals surface area (Å²) in [6.07, 6.45) is 0.200. The van der Waals surface area contributed by atoms with Gasteiger partial charge in [0.05, 0.1) is 13.2 Å². The number of hydrogen-bond acceptors (Lipinski definition) is 5. The van der Waals surface area contributed by atoms with Crippen molar-refractivity contribution >= 4 is 17.8 Å². The molecular weight excluding hydrogens is 341 g/mol. The highest BCUT2D eigenvalue weighted by molar-refractivity contribution is 5.90. The molecule has 0 spiro atoms. The monoisotopic (exact) mass is 363 g/mol. The number of nitrogens with one attached hydrogen (secondary N) is 2. The number of ether oxygens (including phenoxy) is 1. The highest BCUT2D eigenvalue weighted by atomic mass is 19.1. The molecule has 3 atom stereocenters. The summed E-state index contributed by atoms with van der Waals surface area (Å²) < 4.78 is 17.7. The molecule has 0 radical (unpaired) electrons. The molecule has 8 heteroatoms. The molecule has 7 nitrogen and oxygen atoms in total. The maximum absolute atomic E-state index is 13.0. The Morgan fingerprint density at radius 1 is 1.19 bits per heavy atom. The van der Waals surface area contributed by atoms with Gasteiger partial charge in [-0.15, -0.1) is 0 Å². The number of methoxy groups -OCH3 is 1. The van der Waals surface area contributed by atoms with Crippen LogP contribution < -0.4 is 10.6 Å². The number of carbonyl (C=O) groups is 3. The van der Waals surface area contributed by atoms with Crippen LogP contribution in [0.3, 0.4) is 0 Å². The SMILES string of the molecule is COC(=O)[C@H](C[C@H](C)C#N)NC(=O)[C@@H](Cc1ccc(F)cc1)NC(C)=O. The Labute approximate surface area is 151 Å². The Balaban J connectivity index is 2.91. The fraction of sp³-hybridized carbons (Fsp3) is 0.444. The predicted octanol–water partition coefficient (Wildman–Crippen LogP) is 1.08. The lowest BCUT2D eigenvalue weighted by molar-refractivity contribution is -0.145. The third-order valence-corrected chi connectivity index (χ3v) is 3.66. The van der Waals surface area contributed by atoms with E-state index in [4.69, 9.17) is 5.26 Å². The molecular formula is C18H22FN3O4. The van der Waals surface area contributed by atoms with Crippen molar-refractivity contribution in [2.45, 2.75) is 38.8 Å². The second-order valence-corrected chi connectivity index (χ2v) is 5.93. The summed E-state index contributed by atoms with van der Waals surface area (Å²) in [5.41, 5.74) is 0.639. The molecule has 0 saturated heterocycles. The number of carbonyl (C=O) groups excluding carboxylic acids is 3. The van der Waals surface area contributed by atoms with Crippen molar-refractivity contribution in [3.63, 3.8) is 0 Å². The van der Waals surface area contributed by atoms with Gasteiger partial charge in [-0.25, -0.2) is 9.18 Å². The number of rotatable bonds is 8. The number of nitrogens with zero attached hydrogens (tertiary/aromatic N) is 1. The zero-order valence-corrected chi connectivity index (χ0v) is 14.9. The Hall–Kier alpha value is -2.95. The van der Waals surface area contributed by atoms with E-state index < -0.39 is 41.6 Å². The lowest BCUT2D eigenvalue weighted by Crippen LogP contribution is -2.52. The third kappa shape index (κ3) is 6.89. The van der Waals surface area contributed by atoms with Crippen LogP contribution in [0.5, 0.6) is 0 Å². The van der Waals surface area contributed by atoms with Gasteiger partial charge in [-0.1, -0.05) is 12.1 Å². The normalized spacial score (nSPS) is 13.7. The first-order chi connectivity index (χ1) is 12.3. The van der Waals surface area contributed by atoms with Gasteiger partial charge in [0.1, 0.15) is 17.9 Å². The second-order valence-electron chi connectivity index (χ2n) is 5.93. The first kappa shape index (κ1) is 21.1. The molecule has 140 valence electrons. The van der Waals surface area contributed by atoms with E-state index in [0.717, 1.165) is 0 Å².